The zero-order valence-electron chi connectivity index (χ0n) is 42.2. The average molecular weight is 1060 g/mol. The molecule has 74 heavy (non-hydrogen) atoms. The van der Waals surface area contributed by atoms with Crippen LogP contribution in [0.3, 0.4) is 0 Å². The van der Waals surface area contributed by atoms with Crippen molar-refractivity contribution in [1.29, 1.82) is 0 Å². The quantitative estimate of drug-likeness (QED) is 0.0820. The van der Waals surface area contributed by atoms with E-state index in [-0.39, 0.29) is 50.5 Å². The van der Waals surface area contributed by atoms with E-state index in [9.17, 15) is 27.0 Å². The first-order valence-electron chi connectivity index (χ1n) is 23.2. The van der Waals surface area contributed by atoms with E-state index < -0.39 is 41.7 Å². The molecule has 0 aliphatic carbocycles. The molecule has 0 spiro atoms. The maximum atomic E-state index is 13.7. The lowest BCUT2D eigenvalue weighted by atomic mass is 10.2. The molecule has 2 N–H and O–H groups in total. The average Bonchev–Trinajstić information content (AvgIpc) is 4.21. The second kappa shape index (κ2) is 24.0. The number of para-hydroxylation sites is 2. The Labute approximate surface area is 428 Å². The van der Waals surface area contributed by atoms with Gasteiger partial charge in [0.25, 0.3) is 0 Å². The smallest absolute Gasteiger partial charge is 0.204 e. The molecule has 8 rings (SSSR count). The molecule has 0 radical (unpaired) electrons. The predicted octanol–water partition coefficient (Wildman–Crippen LogP) is 5.72. The lowest BCUT2D eigenvalue weighted by Gasteiger charge is -2.19. The fourth-order valence-corrected chi connectivity index (χ4v) is 11.3. The Morgan fingerprint density at radius 2 is 0.851 bits per heavy atom. The van der Waals surface area contributed by atoms with Crippen molar-refractivity contribution in [3.8, 4) is 57.5 Å². The zero-order chi connectivity index (χ0) is 53.2. The first-order chi connectivity index (χ1) is 35.5. The maximum Gasteiger partial charge on any atom is 0.204 e. The van der Waals surface area contributed by atoms with Gasteiger partial charge in [0.05, 0.1) is 38.9 Å². The van der Waals surface area contributed by atoms with Gasteiger partial charge in [-0.2, -0.15) is 0 Å². The normalized spacial score (nSPS) is 12.5. The zero-order valence-corrected chi connectivity index (χ0v) is 43.8. The molecule has 0 fully saturated rings. The van der Waals surface area contributed by atoms with Gasteiger partial charge in [-0.15, -0.1) is 20.4 Å². The Balaban J connectivity index is 0.000000216. The Hall–Kier alpha value is -7.54. The first kappa shape index (κ1) is 54.2. The second-order valence-corrected chi connectivity index (χ2v) is 21.6. The maximum absolute atomic E-state index is 13.7. The van der Waals surface area contributed by atoms with E-state index in [2.05, 4.69) is 40.3 Å². The number of rotatable bonds is 22. The third-order valence-electron chi connectivity index (χ3n) is 11.7. The van der Waals surface area contributed by atoms with E-state index in [1.54, 1.807) is 108 Å². The molecule has 0 bridgehead atoms. The highest BCUT2D eigenvalue weighted by Crippen LogP contribution is 2.39. The number of aryl methyl sites for hydroxylation is 4. The van der Waals surface area contributed by atoms with Gasteiger partial charge in [-0.25, -0.2) is 36.8 Å². The first-order valence-corrected chi connectivity index (χ1v) is 26.6. The number of hydrogen-bond acceptors (Lipinski definition) is 20. The molecule has 2 atom stereocenters. The molecule has 8 aromatic rings. The van der Waals surface area contributed by atoms with Gasteiger partial charge in [-0.05, 0) is 100 Å². The van der Waals surface area contributed by atoms with Crippen LogP contribution in [0.15, 0.2) is 94.3 Å². The summed E-state index contributed by atoms with van der Waals surface area (Å²) in [5, 5.41) is 34.4. The summed E-state index contributed by atoms with van der Waals surface area (Å²) in [6.07, 6.45) is 6.69. The van der Waals surface area contributed by atoms with Gasteiger partial charge in [0.2, 0.25) is 11.6 Å². The van der Waals surface area contributed by atoms with E-state index in [0.717, 1.165) is 11.1 Å². The van der Waals surface area contributed by atoms with E-state index in [1.807, 2.05) is 13.8 Å². The largest absolute Gasteiger partial charge is 0.494 e. The number of aliphatic hydroxyl groups excluding tert-OH is 2. The number of hydrogen-bond donors (Lipinski definition) is 2. The van der Waals surface area contributed by atoms with Crippen molar-refractivity contribution >= 4 is 19.7 Å². The molecule has 2 aromatic carbocycles. The van der Waals surface area contributed by atoms with Crippen LogP contribution >= 0.6 is 0 Å². The van der Waals surface area contributed by atoms with Crippen molar-refractivity contribution in [3.63, 3.8) is 0 Å². The van der Waals surface area contributed by atoms with Crippen molar-refractivity contribution < 1.29 is 54.8 Å². The number of benzene rings is 2. The third-order valence-corrected chi connectivity index (χ3v) is 15.9. The minimum atomic E-state index is -3.85. The molecular formula is C50H58N10O12S2. The Kier molecular flexibility index (Phi) is 17.6. The summed E-state index contributed by atoms with van der Waals surface area (Å²) in [4.78, 5) is 17.0. The van der Waals surface area contributed by atoms with Crippen LogP contribution in [0.1, 0.15) is 58.8 Å². The van der Waals surface area contributed by atoms with Crippen LogP contribution in [0.25, 0.3) is 34.5 Å². The molecule has 6 aromatic heterocycles. The summed E-state index contributed by atoms with van der Waals surface area (Å²) >= 11 is 0. The lowest BCUT2D eigenvalue weighted by molar-refractivity contribution is 0.284. The molecule has 0 unspecified atom stereocenters. The highest BCUT2D eigenvalue weighted by Gasteiger charge is 2.34. The van der Waals surface area contributed by atoms with Gasteiger partial charge in [0, 0.05) is 50.8 Å². The standard InChI is InChI=1S/2C25H29N5O6S/c2*1-16-13-26-22(27-14-16)12-18(10-11-31)37(32,33)15-23-28-29-25(21-9-8-17(2)36-21)30(23)24-19(34-3)6-5-7-20(24)35-4/h2*5-9,13-14,18,31H,10-12,15H2,1-4H3/t2*18-/m10/s1. The summed E-state index contributed by atoms with van der Waals surface area (Å²) < 4.78 is 91.7. The fraction of sp³-hybridized carbons (Fsp3) is 0.360. The van der Waals surface area contributed by atoms with E-state index in [0.29, 0.717) is 80.7 Å². The third kappa shape index (κ3) is 12.4. The summed E-state index contributed by atoms with van der Waals surface area (Å²) in [6.45, 7) is 6.68. The number of nitrogens with zero attached hydrogens (tertiary/aromatic N) is 10. The summed E-state index contributed by atoms with van der Waals surface area (Å²) in [6, 6.07) is 17.5. The monoisotopic (exact) mass is 1050 g/mol. The van der Waals surface area contributed by atoms with Gasteiger partial charge in [-0.1, -0.05) is 12.1 Å². The van der Waals surface area contributed by atoms with Crippen LogP contribution in [0, 0.1) is 27.7 Å². The number of methoxy groups -OCH3 is 4. The van der Waals surface area contributed by atoms with Crippen LogP contribution < -0.4 is 18.9 Å². The Morgan fingerprint density at radius 1 is 0.514 bits per heavy atom. The van der Waals surface area contributed by atoms with Crippen molar-refractivity contribution in [3.05, 3.63) is 131 Å². The summed E-state index contributed by atoms with van der Waals surface area (Å²) in [7, 11) is -1.68. The lowest BCUT2D eigenvalue weighted by Crippen LogP contribution is -2.28. The fourth-order valence-electron chi connectivity index (χ4n) is 7.98. The summed E-state index contributed by atoms with van der Waals surface area (Å²) in [5.41, 5.74) is 2.61. The molecule has 392 valence electrons. The molecule has 0 aliphatic heterocycles. The molecule has 0 saturated heterocycles. The van der Waals surface area contributed by atoms with Gasteiger partial charge < -0.3 is 38.0 Å². The van der Waals surface area contributed by atoms with Crippen molar-refractivity contribution in [2.24, 2.45) is 0 Å². The van der Waals surface area contributed by atoms with E-state index in [4.69, 9.17) is 27.8 Å². The number of sulfone groups is 2. The van der Waals surface area contributed by atoms with Gasteiger partial charge >= 0.3 is 0 Å². The number of aromatic nitrogens is 10. The molecular weight excluding hydrogens is 997 g/mol. The number of ether oxygens (including phenoxy) is 4. The van der Waals surface area contributed by atoms with Gasteiger partial charge in [0.15, 0.2) is 42.8 Å². The van der Waals surface area contributed by atoms with Gasteiger partial charge in [-0.3, -0.25) is 9.13 Å². The Morgan fingerprint density at radius 3 is 1.14 bits per heavy atom. The minimum absolute atomic E-state index is 0.0237. The molecule has 0 aliphatic rings. The van der Waals surface area contributed by atoms with Crippen LogP contribution in [0.2, 0.25) is 0 Å². The minimum Gasteiger partial charge on any atom is -0.494 e. The summed E-state index contributed by atoms with van der Waals surface area (Å²) in [5.74, 6) is 4.56. The van der Waals surface area contributed by atoms with E-state index >= 15 is 0 Å². The SMILES string of the molecule is COc1cccc(OC)c1-n1c(CS(=O)(=O)[C@@H](CCO)Cc2ncc(C)cn2)nnc1-c1ccc(C)o1.COc1cccc(OC)c1-n1c(CS(=O)(=O)[C@H](CCO)Cc2ncc(C)cn2)nnc1-c1ccc(C)o1. The highest BCUT2D eigenvalue weighted by atomic mass is 32.2. The topological polar surface area (TPSA) is 285 Å². The van der Waals surface area contributed by atoms with Crippen LogP contribution in [-0.4, -0.2) is 129 Å². The number of aliphatic hydroxyl groups is 2. The molecule has 0 saturated carbocycles. The molecule has 22 nitrogen and oxygen atoms in total. The molecule has 24 heteroatoms. The predicted molar refractivity (Wildman–Crippen MR) is 271 cm³/mol. The van der Waals surface area contributed by atoms with Gasteiger partial charge in [0.1, 0.15) is 69.0 Å². The van der Waals surface area contributed by atoms with Crippen LogP contribution in [-0.2, 0) is 44.0 Å². The van der Waals surface area contributed by atoms with Crippen molar-refractivity contribution in [1.82, 2.24) is 49.5 Å². The van der Waals surface area contributed by atoms with Crippen LogP contribution in [0.5, 0.6) is 23.0 Å². The number of furan rings is 2. The Bertz CT molecular complexity index is 3110. The highest BCUT2D eigenvalue weighted by molar-refractivity contribution is 7.91. The molecule has 6 heterocycles. The van der Waals surface area contributed by atoms with Crippen molar-refractivity contribution in [2.75, 3.05) is 41.7 Å². The van der Waals surface area contributed by atoms with E-state index in [1.165, 1.54) is 28.4 Å². The van der Waals surface area contributed by atoms with Crippen LogP contribution in [0.4, 0.5) is 0 Å². The van der Waals surface area contributed by atoms with Crippen molar-refractivity contribution in [2.45, 2.75) is 75.4 Å². The molecule has 0 amide bonds. The second-order valence-electron chi connectivity index (χ2n) is 17.0.